The Kier molecular flexibility index (Phi) is 4.40. The van der Waals surface area contributed by atoms with Crippen LogP contribution in [0.25, 0.3) is 0 Å². The zero-order valence-corrected chi connectivity index (χ0v) is 11.8. The van der Waals surface area contributed by atoms with E-state index in [9.17, 15) is 0 Å². The van der Waals surface area contributed by atoms with Crippen molar-refractivity contribution < 1.29 is 4.74 Å². The Labute approximate surface area is 110 Å². The maximum atomic E-state index is 5.15. The van der Waals surface area contributed by atoms with Gasteiger partial charge in [0, 0.05) is 39.0 Å². The molecular formula is C14H25N3O. The summed E-state index contributed by atoms with van der Waals surface area (Å²) in [6.45, 7) is 7.29. The first-order valence-corrected chi connectivity index (χ1v) is 6.83. The molecule has 1 fully saturated rings. The van der Waals surface area contributed by atoms with Gasteiger partial charge in [-0.2, -0.15) is 0 Å². The SMILES string of the molecule is COCCC(C)(C)CNCc1cncn1C1CC1. The molecule has 0 unspecified atom stereocenters. The maximum Gasteiger partial charge on any atom is 0.0951 e. The first kappa shape index (κ1) is 13.6. The van der Waals surface area contributed by atoms with Crippen molar-refractivity contribution in [2.45, 2.75) is 45.7 Å². The third-order valence-electron chi connectivity index (χ3n) is 3.58. The first-order chi connectivity index (χ1) is 8.62. The Bertz CT molecular complexity index is 369. The van der Waals surface area contributed by atoms with Gasteiger partial charge < -0.3 is 14.6 Å². The van der Waals surface area contributed by atoms with Gasteiger partial charge in [-0.15, -0.1) is 0 Å². The van der Waals surface area contributed by atoms with E-state index < -0.39 is 0 Å². The van der Waals surface area contributed by atoms with E-state index in [2.05, 4.69) is 28.7 Å². The fraction of sp³-hybridized carbons (Fsp3) is 0.786. The minimum Gasteiger partial charge on any atom is -0.385 e. The second-order valence-electron chi connectivity index (χ2n) is 6.03. The molecule has 0 saturated heterocycles. The van der Waals surface area contributed by atoms with Crippen molar-refractivity contribution in [1.82, 2.24) is 14.9 Å². The highest BCUT2D eigenvalue weighted by Crippen LogP contribution is 2.35. The van der Waals surface area contributed by atoms with Crippen LogP contribution in [0.15, 0.2) is 12.5 Å². The van der Waals surface area contributed by atoms with Crippen molar-refractivity contribution in [2.75, 3.05) is 20.3 Å². The predicted octanol–water partition coefficient (Wildman–Crippen LogP) is 2.37. The second-order valence-corrected chi connectivity index (χ2v) is 6.03. The monoisotopic (exact) mass is 251 g/mol. The van der Waals surface area contributed by atoms with Gasteiger partial charge in [-0.3, -0.25) is 0 Å². The summed E-state index contributed by atoms with van der Waals surface area (Å²) in [7, 11) is 1.76. The van der Waals surface area contributed by atoms with Gasteiger partial charge in [0.05, 0.1) is 12.0 Å². The Morgan fingerprint density at radius 1 is 1.50 bits per heavy atom. The highest BCUT2D eigenvalue weighted by atomic mass is 16.5. The fourth-order valence-corrected chi connectivity index (χ4v) is 2.15. The van der Waals surface area contributed by atoms with Crippen LogP contribution in [-0.4, -0.2) is 29.8 Å². The average Bonchev–Trinajstić information content (AvgIpc) is 3.07. The molecule has 0 aliphatic heterocycles. The third kappa shape index (κ3) is 3.82. The molecule has 0 bridgehead atoms. The van der Waals surface area contributed by atoms with Gasteiger partial charge in [0.25, 0.3) is 0 Å². The minimum atomic E-state index is 0.278. The number of methoxy groups -OCH3 is 1. The lowest BCUT2D eigenvalue weighted by Gasteiger charge is -2.24. The van der Waals surface area contributed by atoms with Crippen molar-refractivity contribution in [3.63, 3.8) is 0 Å². The summed E-state index contributed by atoms with van der Waals surface area (Å²) in [6.07, 6.45) is 7.64. The van der Waals surface area contributed by atoms with Crippen LogP contribution in [-0.2, 0) is 11.3 Å². The smallest absolute Gasteiger partial charge is 0.0951 e. The van der Waals surface area contributed by atoms with Gasteiger partial charge in [0.15, 0.2) is 0 Å². The number of hydrogen-bond donors (Lipinski definition) is 1. The number of hydrogen-bond acceptors (Lipinski definition) is 3. The molecule has 1 aliphatic rings. The van der Waals surface area contributed by atoms with Crippen molar-refractivity contribution >= 4 is 0 Å². The molecule has 1 aromatic heterocycles. The highest BCUT2D eigenvalue weighted by molar-refractivity contribution is 5.03. The molecule has 0 amide bonds. The lowest BCUT2D eigenvalue weighted by Crippen LogP contribution is -2.30. The van der Waals surface area contributed by atoms with Crippen molar-refractivity contribution in [3.05, 3.63) is 18.2 Å². The molecule has 0 radical (unpaired) electrons. The summed E-state index contributed by atoms with van der Waals surface area (Å²) < 4.78 is 7.46. The van der Waals surface area contributed by atoms with Crippen LogP contribution in [0.2, 0.25) is 0 Å². The van der Waals surface area contributed by atoms with E-state index in [1.165, 1.54) is 18.5 Å². The van der Waals surface area contributed by atoms with Crippen molar-refractivity contribution in [1.29, 1.82) is 0 Å². The Hall–Kier alpha value is -0.870. The van der Waals surface area contributed by atoms with Gasteiger partial charge in [-0.1, -0.05) is 13.8 Å². The predicted molar refractivity (Wildman–Crippen MR) is 72.5 cm³/mol. The van der Waals surface area contributed by atoms with E-state index in [4.69, 9.17) is 4.74 Å². The van der Waals surface area contributed by atoms with Crippen LogP contribution in [0.1, 0.15) is 44.8 Å². The molecule has 102 valence electrons. The normalized spacial score (nSPS) is 16.2. The lowest BCUT2D eigenvalue weighted by molar-refractivity contribution is 0.150. The van der Waals surface area contributed by atoms with E-state index in [-0.39, 0.29) is 5.41 Å². The Morgan fingerprint density at radius 3 is 2.94 bits per heavy atom. The van der Waals surface area contributed by atoms with Crippen LogP contribution < -0.4 is 5.32 Å². The minimum absolute atomic E-state index is 0.278. The van der Waals surface area contributed by atoms with Crippen LogP contribution in [0.5, 0.6) is 0 Å². The van der Waals surface area contributed by atoms with Crippen molar-refractivity contribution in [3.8, 4) is 0 Å². The van der Waals surface area contributed by atoms with E-state index in [0.717, 1.165) is 26.1 Å². The fourth-order valence-electron chi connectivity index (χ4n) is 2.15. The van der Waals surface area contributed by atoms with Crippen LogP contribution in [0.3, 0.4) is 0 Å². The lowest BCUT2D eigenvalue weighted by atomic mass is 9.90. The highest BCUT2D eigenvalue weighted by Gasteiger charge is 2.25. The van der Waals surface area contributed by atoms with Gasteiger partial charge in [0.2, 0.25) is 0 Å². The summed E-state index contributed by atoms with van der Waals surface area (Å²) in [4.78, 5) is 4.25. The summed E-state index contributed by atoms with van der Waals surface area (Å²) in [6, 6.07) is 0.714. The topological polar surface area (TPSA) is 39.1 Å². The molecule has 2 rings (SSSR count). The summed E-state index contributed by atoms with van der Waals surface area (Å²) in [5.74, 6) is 0. The molecule has 18 heavy (non-hydrogen) atoms. The van der Waals surface area contributed by atoms with Gasteiger partial charge >= 0.3 is 0 Å². The number of rotatable bonds is 8. The van der Waals surface area contributed by atoms with Crippen molar-refractivity contribution in [2.24, 2.45) is 5.41 Å². The first-order valence-electron chi connectivity index (χ1n) is 6.83. The van der Waals surface area contributed by atoms with Crippen LogP contribution in [0.4, 0.5) is 0 Å². The quantitative estimate of drug-likeness (QED) is 0.771. The molecule has 1 aliphatic carbocycles. The van der Waals surface area contributed by atoms with Gasteiger partial charge in [-0.25, -0.2) is 4.98 Å². The zero-order chi connectivity index (χ0) is 13.0. The average molecular weight is 251 g/mol. The molecule has 1 N–H and O–H groups in total. The van der Waals surface area contributed by atoms with E-state index in [1.54, 1.807) is 7.11 Å². The second kappa shape index (κ2) is 5.85. The summed E-state index contributed by atoms with van der Waals surface area (Å²) in [5.41, 5.74) is 1.58. The number of nitrogens with one attached hydrogen (secondary N) is 1. The number of ether oxygens (including phenoxy) is 1. The zero-order valence-electron chi connectivity index (χ0n) is 11.8. The largest absolute Gasteiger partial charge is 0.385 e. The molecule has 4 nitrogen and oxygen atoms in total. The van der Waals surface area contributed by atoms with E-state index in [0.29, 0.717) is 6.04 Å². The standard InChI is InChI=1S/C14H25N3O/c1-14(2,6-7-18-3)10-15-8-13-9-16-11-17(13)12-4-5-12/h9,11-12,15H,4-8,10H2,1-3H3. The van der Waals surface area contributed by atoms with Gasteiger partial charge in [0.1, 0.15) is 0 Å². The molecule has 0 spiro atoms. The van der Waals surface area contributed by atoms with Crippen LogP contribution in [0, 0.1) is 5.41 Å². The van der Waals surface area contributed by atoms with E-state index >= 15 is 0 Å². The third-order valence-corrected chi connectivity index (χ3v) is 3.58. The number of nitrogens with zero attached hydrogens (tertiary/aromatic N) is 2. The molecule has 1 heterocycles. The molecule has 0 atom stereocenters. The van der Waals surface area contributed by atoms with Crippen LogP contribution >= 0.6 is 0 Å². The molecule has 4 heteroatoms. The van der Waals surface area contributed by atoms with Gasteiger partial charge in [-0.05, 0) is 24.7 Å². The summed E-state index contributed by atoms with van der Waals surface area (Å²) >= 11 is 0. The molecule has 0 aromatic carbocycles. The molecular weight excluding hydrogens is 226 g/mol. The summed E-state index contributed by atoms with van der Waals surface area (Å²) in [5, 5.41) is 3.54. The number of aromatic nitrogens is 2. The molecule has 1 aromatic rings. The number of imidazole rings is 1. The molecule has 1 saturated carbocycles. The maximum absolute atomic E-state index is 5.15. The van der Waals surface area contributed by atoms with E-state index in [1.807, 2.05) is 12.5 Å². The Morgan fingerprint density at radius 2 is 2.28 bits per heavy atom. The Balaban J connectivity index is 1.75.